The van der Waals surface area contributed by atoms with Crippen LogP contribution in [0.1, 0.15) is 23.2 Å². The van der Waals surface area contributed by atoms with Crippen molar-refractivity contribution >= 4 is 17.5 Å². The molecular weight excluding hydrogens is 361 g/mol. The third-order valence-electron chi connectivity index (χ3n) is 5.36. The quantitative estimate of drug-likeness (QED) is 0.804. The van der Waals surface area contributed by atoms with Gasteiger partial charge < -0.3 is 19.4 Å². The Morgan fingerprint density at radius 3 is 2.21 bits per heavy atom. The molecule has 0 unspecified atom stereocenters. The lowest BCUT2D eigenvalue weighted by Crippen LogP contribution is -2.49. The van der Waals surface area contributed by atoms with Gasteiger partial charge in [0.2, 0.25) is 0 Å². The number of ether oxygens (including phenoxy) is 1. The summed E-state index contributed by atoms with van der Waals surface area (Å²) in [6.45, 7) is 4.57. The largest absolute Gasteiger partial charge is 0.494 e. The van der Waals surface area contributed by atoms with E-state index in [1.807, 2.05) is 6.07 Å². The number of nitrogens with zero attached hydrogens (tertiary/aromatic N) is 5. The number of carbonyl (C=O) groups is 1. The Morgan fingerprint density at radius 2 is 1.61 bits per heavy atom. The lowest BCUT2D eigenvalue weighted by atomic mass is 10.1. The second-order valence-electron chi connectivity index (χ2n) is 7.06. The highest BCUT2D eigenvalue weighted by Gasteiger charge is 2.24. The number of hydrogen-bond donors (Lipinski definition) is 0. The first-order valence-electron chi connectivity index (χ1n) is 9.60. The summed E-state index contributed by atoms with van der Waals surface area (Å²) in [5.74, 6) is 1.30. The predicted octanol–water partition coefficient (Wildman–Crippen LogP) is 2.19. The van der Waals surface area contributed by atoms with Crippen molar-refractivity contribution in [2.45, 2.75) is 12.8 Å². The lowest BCUT2D eigenvalue weighted by Gasteiger charge is -2.35. The van der Waals surface area contributed by atoms with Gasteiger partial charge in [-0.15, -0.1) is 0 Å². The standard InChI is InChI=1S/C20H24FN5O2/c1-28-17-5-4-15(12-16(17)21)20(27)26-10-8-25(9-11-26)19-13-18(22-14-23-19)24-6-2-3-7-24/h4-5,12-14H,2-3,6-11H2,1H3. The highest BCUT2D eigenvalue weighted by atomic mass is 19.1. The van der Waals surface area contributed by atoms with Crippen LogP contribution >= 0.6 is 0 Å². The molecule has 1 aromatic carbocycles. The second kappa shape index (κ2) is 8.00. The van der Waals surface area contributed by atoms with Crippen molar-refractivity contribution in [3.63, 3.8) is 0 Å². The Morgan fingerprint density at radius 1 is 0.964 bits per heavy atom. The molecule has 1 aromatic heterocycles. The summed E-state index contributed by atoms with van der Waals surface area (Å²) in [4.78, 5) is 27.7. The third-order valence-corrected chi connectivity index (χ3v) is 5.36. The smallest absolute Gasteiger partial charge is 0.254 e. The van der Waals surface area contributed by atoms with E-state index >= 15 is 0 Å². The molecule has 3 heterocycles. The van der Waals surface area contributed by atoms with Crippen molar-refractivity contribution in [3.05, 3.63) is 42.0 Å². The molecule has 4 rings (SSSR count). The van der Waals surface area contributed by atoms with Gasteiger partial charge in [0.25, 0.3) is 5.91 Å². The van der Waals surface area contributed by atoms with Gasteiger partial charge in [-0.3, -0.25) is 4.79 Å². The van der Waals surface area contributed by atoms with E-state index < -0.39 is 5.82 Å². The molecule has 0 atom stereocenters. The van der Waals surface area contributed by atoms with Gasteiger partial charge in [-0.25, -0.2) is 14.4 Å². The molecule has 2 aromatic rings. The second-order valence-corrected chi connectivity index (χ2v) is 7.06. The number of anilines is 2. The number of aromatic nitrogens is 2. The predicted molar refractivity (Wildman–Crippen MR) is 105 cm³/mol. The Labute approximate surface area is 163 Å². The maximum Gasteiger partial charge on any atom is 0.254 e. The highest BCUT2D eigenvalue weighted by Crippen LogP contribution is 2.23. The Bertz CT molecular complexity index is 848. The molecule has 8 heteroatoms. The van der Waals surface area contributed by atoms with Gasteiger partial charge in [0.15, 0.2) is 11.6 Å². The average molecular weight is 385 g/mol. The Hall–Kier alpha value is -2.90. The van der Waals surface area contributed by atoms with E-state index in [1.54, 1.807) is 17.3 Å². The van der Waals surface area contributed by atoms with Crippen LogP contribution in [0.15, 0.2) is 30.6 Å². The Balaban J connectivity index is 1.40. The van der Waals surface area contributed by atoms with Crippen molar-refractivity contribution in [2.75, 3.05) is 56.2 Å². The van der Waals surface area contributed by atoms with E-state index in [4.69, 9.17) is 4.74 Å². The minimum atomic E-state index is -0.526. The van der Waals surface area contributed by atoms with Crippen LogP contribution in [-0.2, 0) is 0 Å². The van der Waals surface area contributed by atoms with Crippen LogP contribution in [0.4, 0.5) is 16.0 Å². The van der Waals surface area contributed by atoms with Crippen LogP contribution in [-0.4, -0.2) is 67.2 Å². The van der Waals surface area contributed by atoms with Gasteiger partial charge in [-0.1, -0.05) is 0 Å². The lowest BCUT2D eigenvalue weighted by molar-refractivity contribution is 0.0746. The van der Waals surface area contributed by atoms with Crippen molar-refractivity contribution < 1.29 is 13.9 Å². The van der Waals surface area contributed by atoms with Gasteiger partial charge >= 0.3 is 0 Å². The van der Waals surface area contributed by atoms with Gasteiger partial charge in [-0.2, -0.15) is 0 Å². The number of hydrogen-bond acceptors (Lipinski definition) is 6. The number of halogens is 1. The molecule has 2 saturated heterocycles. The zero-order valence-electron chi connectivity index (χ0n) is 16.0. The minimum Gasteiger partial charge on any atom is -0.494 e. The molecule has 0 N–H and O–H groups in total. The average Bonchev–Trinajstić information content (AvgIpc) is 3.28. The zero-order valence-corrected chi connectivity index (χ0v) is 16.0. The van der Waals surface area contributed by atoms with Gasteiger partial charge in [0.1, 0.15) is 18.0 Å². The summed E-state index contributed by atoms with van der Waals surface area (Å²) >= 11 is 0. The molecular formula is C20H24FN5O2. The summed E-state index contributed by atoms with van der Waals surface area (Å²) in [6.07, 6.45) is 4.01. The van der Waals surface area contributed by atoms with Crippen molar-refractivity contribution in [3.8, 4) is 5.75 Å². The molecule has 2 fully saturated rings. The summed E-state index contributed by atoms with van der Waals surface area (Å²) in [6, 6.07) is 6.35. The number of benzene rings is 1. The molecule has 2 aliphatic rings. The molecule has 28 heavy (non-hydrogen) atoms. The first-order chi connectivity index (χ1) is 13.7. The molecule has 0 radical (unpaired) electrons. The summed E-state index contributed by atoms with van der Waals surface area (Å²) < 4.78 is 18.8. The first kappa shape index (κ1) is 18.5. The number of amides is 1. The molecule has 0 bridgehead atoms. The van der Waals surface area contributed by atoms with E-state index in [1.165, 1.54) is 32.1 Å². The first-order valence-corrected chi connectivity index (χ1v) is 9.60. The van der Waals surface area contributed by atoms with E-state index in [0.29, 0.717) is 31.7 Å². The minimum absolute atomic E-state index is 0.138. The maximum absolute atomic E-state index is 13.9. The normalized spacial score (nSPS) is 17.1. The molecule has 0 spiro atoms. The fourth-order valence-electron chi connectivity index (χ4n) is 3.75. The molecule has 0 aliphatic carbocycles. The van der Waals surface area contributed by atoms with E-state index in [2.05, 4.69) is 19.8 Å². The molecule has 7 nitrogen and oxygen atoms in total. The van der Waals surface area contributed by atoms with Crippen molar-refractivity contribution in [1.29, 1.82) is 0 Å². The van der Waals surface area contributed by atoms with Crippen LogP contribution in [0, 0.1) is 5.82 Å². The summed E-state index contributed by atoms with van der Waals surface area (Å²) in [5, 5.41) is 0. The van der Waals surface area contributed by atoms with Crippen LogP contribution in [0.25, 0.3) is 0 Å². The fraction of sp³-hybridized carbons (Fsp3) is 0.450. The monoisotopic (exact) mass is 385 g/mol. The van der Waals surface area contributed by atoms with Gasteiger partial charge in [0.05, 0.1) is 7.11 Å². The number of piperazine rings is 1. The van der Waals surface area contributed by atoms with Crippen LogP contribution in [0.2, 0.25) is 0 Å². The van der Waals surface area contributed by atoms with Crippen LogP contribution < -0.4 is 14.5 Å². The SMILES string of the molecule is COc1ccc(C(=O)N2CCN(c3cc(N4CCCC4)ncn3)CC2)cc1F. The maximum atomic E-state index is 13.9. The van der Waals surface area contributed by atoms with E-state index in [0.717, 1.165) is 24.7 Å². The summed E-state index contributed by atoms with van der Waals surface area (Å²) in [5.41, 5.74) is 0.338. The van der Waals surface area contributed by atoms with Gasteiger partial charge in [0, 0.05) is 50.9 Å². The number of rotatable bonds is 4. The molecule has 148 valence electrons. The van der Waals surface area contributed by atoms with Crippen molar-refractivity contribution in [1.82, 2.24) is 14.9 Å². The molecule has 0 saturated carbocycles. The van der Waals surface area contributed by atoms with E-state index in [-0.39, 0.29) is 11.7 Å². The summed E-state index contributed by atoms with van der Waals surface area (Å²) in [7, 11) is 1.40. The third kappa shape index (κ3) is 3.72. The van der Waals surface area contributed by atoms with Gasteiger partial charge in [-0.05, 0) is 31.0 Å². The van der Waals surface area contributed by atoms with E-state index in [9.17, 15) is 9.18 Å². The number of methoxy groups -OCH3 is 1. The highest BCUT2D eigenvalue weighted by molar-refractivity contribution is 5.94. The van der Waals surface area contributed by atoms with Crippen LogP contribution in [0.3, 0.4) is 0 Å². The number of carbonyl (C=O) groups excluding carboxylic acids is 1. The molecule has 2 aliphatic heterocycles. The zero-order chi connectivity index (χ0) is 19.5. The van der Waals surface area contributed by atoms with Crippen molar-refractivity contribution in [2.24, 2.45) is 0 Å². The topological polar surface area (TPSA) is 61.8 Å². The Kier molecular flexibility index (Phi) is 5.27. The molecule has 1 amide bonds. The fourth-order valence-corrected chi connectivity index (χ4v) is 3.75. The van der Waals surface area contributed by atoms with Crippen LogP contribution in [0.5, 0.6) is 5.75 Å².